The van der Waals surface area contributed by atoms with Gasteiger partial charge < -0.3 is 5.73 Å². The molecule has 0 fully saturated rings. The molecular weight excluding hydrogens is 254 g/mol. The third kappa shape index (κ3) is 1.90. The first-order valence-electron chi connectivity index (χ1n) is 4.80. The molecule has 1 heterocycles. The topological polar surface area (TPSA) is 43.8 Å². The Bertz CT molecular complexity index is 476. The van der Waals surface area contributed by atoms with Crippen LogP contribution in [0, 0.1) is 0 Å². The molecule has 3 nitrogen and oxygen atoms in total. The average Bonchev–Trinajstić information content (AvgIpc) is 2.59. The van der Waals surface area contributed by atoms with Gasteiger partial charge in [-0.3, -0.25) is 0 Å². The van der Waals surface area contributed by atoms with Crippen molar-refractivity contribution in [1.82, 2.24) is 9.78 Å². The van der Waals surface area contributed by atoms with Crippen LogP contribution in [-0.2, 0) is 6.42 Å². The van der Waals surface area contributed by atoms with E-state index in [1.165, 1.54) is 0 Å². The van der Waals surface area contributed by atoms with Gasteiger partial charge in [0.25, 0.3) is 0 Å². The summed E-state index contributed by atoms with van der Waals surface area (Å²) in [6, 6.07) is 7.91. The number of benzene rings is 1. The molecule has 0 aliphatic carbocycles. The van der Waals surface area contributed by atoms with E-state index in [0.29, 0.717) is 0 Å². The Kier molecular flexibility index (Phi) is 2.77. The highest BCUT2D eigenvalue weighted by Crippen LogP contribution is 2.20. The Morgan fingerprint density at radius 1 is 1.47 bits per heavy atom. The van der Waals surface area contributed by atoms with Crippen molar-refractivity contribution < 1.29 is 0 Å². The molecule has 4 heteroatoms. The number of nitrogens with zero attached hydrogens (tertiary/aromatic N) is 2. The van der Waals surface area contributed by atoms with Gasteiger partial charge in [-0.25, -0.2) is 4.68 Å². The number of rotatable bonds is 2. The summed E-state index contributed by atoms with van der Waals surface area (Å²) >= 11 is 3.43. The molecule has 0 atom stereocenters. The number of halogens is 1. The van der Waals surface area contributed by atoms with Crippen molar-refractivity contribution >= 4 is 21.7 Å². The first-order chi connectivity index (χ1) is 7.22. The van der Waals surface area contributed by atoms with E-state index in [1.54, 1.807) is 4.68 Å². The zero-order chi connectivity index (χ0) is 10.8. The molecule has 0 aliphatic rings. The van der Waals surface area contributed by atoms with Crippen molar-refractivity contribution in [1.29, 1.82) is 0 Å². The van der Waals surface area contributed by atoms with Crippen LogP contribution in [0.4, 0.5) is 5.82 Å². The van der Waals surface area contributed by atoms with Crippen molar-refractivity contribution in [3.05, 3.63) is 40.5 Å². The van der Waals surface area contributed by atoms with Gasteiger partial charge in [-0.05, 0) is 24.6 Å². The molecule has 2 rings (SSSR count). The molecule has 0 aliphatic heterocycles. The maximum Gasteiger partial charge on any atom is 0.130 e. The molecule has 2 aromatic rings. The fourth-order valence-electron chi connectivity index (χ4n) is 1.48. The van der Waals surface area contributed by atoms with E-state index in [4.69, 9.17) is 5.73 Å². The van der Waals surface area contributed by atoms with Gasteiger partial charge in [-0.1, -0.05) is 28.9 Å². The fraction of sp³-hybridized carbons (Fsp3) is 0.182. The lowest BCUT2D eigenvalue weighted by atomic mass is 10.2. The Balaban J connectivity index is 2.49. The summed E-state index contributed by atoms with van der Waals surface area (Å²) in [4.78, 5) is 0. The Hall–Kier alpha value is -1.29. The largest absolute Gasteiger partial charge is 0.383 e. The molecule has 78 valence electrons. The SMILES string of the molecule is CCc1cnn(-c2cccc(Br)c2)c1N. The van der Waals surface area contributed by atoms with E-state index in [-0.39, 0.29) is 0 Å². The Morgan fingerprint density at radius 2 is 2.27 bits per heavy atom. The van der Waals surface area contributed by atoms with Crippen LogP contribution in [0.3, 0.4) is 0 Å². The predicted molar refractivity (Wildman–Crippen MR) is 65.1 cm³/mol. The lowest BCUT2D eigenvalue weighted by Gasteiger charge is -2.04. The van der Waals surface area contributed by atoms with Gasteiger partial charge >= 0.3 is 0 Å². The highest BCUT2D eigenvalue weighted by Gasteiger charge is 2.07. The number of aryl methyl sites for hydroxylation is 1. The standard InChI is InChI=1S/C11H12BrN3/c1-2-8-7-14-15(11(8)13)10-5-3-4-9(12)6-10/h3-7H,2,13H2,1H3. The maximum absolute atomic E-state index is 5.98. The van der Waals surface area contributed by atoms with Crippen LogP contribution in [-0.4, -0.2) is 9.78 Å². The van der Waals surface area contributed by atoms with Crippen molar-refractivity contribution in [3.63, 3.8) is 0 Å². The number of nitrogens with two attached hydrogens (primary N) is 1. The third-order valence-corrected chi connectivity index (χ3v) is 2.81. The number of anilines is 1. The van der Waals surface area contributed by atoms with Crippen LogP contribution in [0.1, 0.15) is 12.5 Å². The Labute approximate surface area is 97.0 Å². The first-order valence-corrected chi connectivity index (χ1v) is 5.60. The van der Waals surface area contributed by atoms with E-state index >= 15 is 0 Å². The minimum atomic E-state index is 0.718. The predicted octanol–water partition coefficient (Wildman–Crippen LogP) is 2.78. The van der Waals surface area contributed by atoms with Crippen LogP contribution in [0.2, 0.25) is 0 Å². The number of nitrogen functional groups attached to an aromatic ring is 1. The smallest absolute Gasteiger partial charge is 0.130 e. The van der Waals surface area contributed by atoms with E-state index in [0.717, 1.165) is 28.0 Å². The van der Waals surface area contributed by atoms with Crippen molar-refractivity contribution in [2.24, 2.45) is 0 Å². The van der Waals surface area contributed by atoms with Gasteiger partial charge in [-0.15, -0.1) is 0 Å². The molecule has 0 bridgehead atoms. The zero-order valence-electron chi connectivity index (χ0n) is 8.44. The third-order valence-electron chi connectivity index (χ3n) is 2.32. The molecule has 15 heavy (non-hydrogen) atoms. The van der Waals surface area contributed by atoms with Gasteiger partial charge in [-0.2, -0.15) is 5.10 Å². The molecule has 1 aromatic carbocycles. The van der Waals surface area contributed by atoms with E-state index in [9.17, 15) is 0 Å². The first kappa shape index (κ1) is 10.2. The normalized spacial score (nSPS) is 10.5. The van der Waals surface area contributed by atoms with Gasteiger partial charge in [0.05, 0.1) is 11.9 Å². The summed E-state index contributed by atoms with van der Waals surface area (Å²) in [6.07, 6.45) is 2.72. The van der Waals surface area contributed by atoms with E-state index < -0.39 is 0 Å². The molecule has 2 N–H and O–H groups in total. The average molecular weight is 266 g/mol. The number of hydrogen-bond donors (Lipinski definition) is 1. The lowest BCUT2D eigenvalue weighted by Crippen LogP contribution is -2.02. The second-order valence-corrected chi connectivity index (χ2v) is 4.22. The molecule has 1 aromatic heterocycles. The summed E-state index contributed by atoms with van der Waals surface area (Å²) in [5, 5.41) is 4.27. The van der Waals surface area contributed by atoms with Crippen LogP contribution >= 0.6 is 15.9 Å². The lowest BCUT2D eigenvalue weighted by molar-refractivity contribution is 0.890. The highest BCUT2D eigenvalue weighted by molar-refractivity contribution is 9.10. The van der Waals surface area contributed by atoms with E-state index in [2.05, 4.69) is 28.0 Å². The molecular formula is C11H12BrN3. The second kappa shape index (κ2) is 4.06. The quantitative estimate of drug-likeness (QED) is 0.908. The summed E-state index contributed by atoms with van der Waals surface area (Å²) in [7, 11) is 0. The summed E-state index contributed by atoms with van der Waals surface area (Å²) in [5.41, 5.74) is 8.03. The second-order valence-electron chi connectivity index (χ2n) is 3.30. The number of hydrogen-bond acceptors (Lipinski definition) is 2. The Morgan fingerprint density at radius 3 is 2.87 bits per heavy atom. The minimum absolute atomic E-state index is 0.718. The minimum Gasteiger partial charge on any atom is -0.383 e. The van der Waals surface area contributed by atoms with E-state index in [1.807, 2.05) is 30.5 Å². The van der Waals surface area contributed by atoms with Crippen molar-refractivity contribution in [3.8, 4) is 5.69 Å². The monoisotopic (exact) mass is 265 g/mol. The van der Waals surface area contributed by atoms with Gasteiger partial charge in [0.15, 0.2) is 0 Å². The van der Waals surface area contributed by atoms with Crippen LogP contribution in [0.5, 0.6) is 0 Å². The van der Waals surface area contributed by atoms with Crippen molar-refractivity contribution in [2.45, 2.75) is 13.3 Å². The molecule has 0 amide bonds. The van der Waals surface area contributed by atoms with Crippen molar-refractivity contribution in [2.75, 3.05) is 5.73 Å². The summed E-state index contributed by atoms with van der Waals surface area (Å²) in [6.45, 7) is 2.07. The number of aromatic nitrogens is 2. The summed E-state index contributed by atoms with van der Waals surface area (Å²) in [5.74, 6) is 0.718. The highest BCUT2D eigenvalue weighted by atomic mass is 79.9. The molecule has 0 spiro atoms. The molecule has 0 unspecified atom stereocenters. The molecule has 0 saturated carbocycles. The van der Waals surface area contributed by atoms with Crippen LogP contribution in [0.15, 0.2) is 34.9 Å². The fourth-order valence-corrected chi connectivity index (χ4v) is 1.86. The van der Waals surface area contributed by atoms with Gasteiger partial charge in [0, 0.05) is 10.0 Å². The molecule has 0 radical (unpaired) electrons. The van der Waals surface area contributed by atoms with Crippen LogP contribution < -0.4 is 5.73 Å². The van der Waals surface area contributed by atoms with Crippen LogP contribution in [0.25, 0.3) is 5.69 Å². The maximum atomic E-state index is 5.98. The van der Waals surface area contributed by atoms with Gasteiger partial charge in [0.1, 0.15) is 5.82 Å². The zero-order valence-corrected chi connectivity index (χ0v) is 10.0. The van der Waals surface area contributed by atoms with Gasteiger partial charge in [0.2, 0.25) is 0 Å². The molecule has 0 saturated heterocycles. The summed E-state index contributed by atoms with van der Waals surface area (Å²) < 4.78 is 2.77.